The molecule has 6 heteroatoms. The van der Waals surface area contributed by atoms with E-state index in [-0.39, 0.29) is 5.56 Å². The summed E-state index contributed by atoms with van der Waals surface area (Å²) in [6, 6.07) is 6.68. The molecular weight excluding hydrogens is 231 g/mol. The maximum atomic E-state index is 12.5. The van der Waals surface area contributed by atoms with Crippen molar-refractivity contribution in [3.05, 3.63) is 35.9 Å². The Balaban J connectivity index is 2.80. The van der Waals surface area contributed by atoms with Crippen molar-refractivity contribution >= 4 is 5.78 Å². The summed E-state index contributed by atoms with van der Waals surface area (Å²) in [6.07, 6.45) is -7.56. The van der Waals surface area contributed by atoms with Crippen LogP contribution in [-0.2, 0) is 0 Å². The van der Waals surface area contributed by atoms with Gasteiger partial charge in [0.15, 0.2) is 5.78 Å². The predicted molar refractivity (Wildman–Crippen MR) is 46.4 cm³/mol. The van der Waals surface area contributed by atoms with E-state index in [2.05, 4.69) is 0 Å². The summed E-state index contributed by atoms with van der Waals surface area (Å²) < 4.78 is 60.5. The maximum absolute atomic E-state index is 12.5. The fourth-order valence-electron chi connectivity index (χ4n) is 1.03. The van der Waals surface area contributed by atoms with Crippen molar-refractivity contribution in [1.29, 1.82) is 0 Å². The monoisotopic (exact) mass is 238 g/mol. The van der Waals surface area contributed by atoms with E-state index in [0.717, 1.165) is 0 Å². The zero-order chi connectivity index (χ0) is 12.4. The summed E-state index contributed by atoms with van der Waals surface area (Å²) in [5.41, 5.74) is -0.161. The minimum absolute atomic E-state index is 0.161. The number of carbonyl (C=O) groups excluding carboxylic acids is 1. The maximum Gasteiger partial charge on any atom is 0.453 e. The topological polar surface area (TPSA) is 17.1 Å². The zero-order valence-electron chi connectivity index (χ0n) is 7.89. The molecule has 16 heavy (non-hydrogen) atoms. The molecule has 0 fully saturated rings. The number of halogens is 5. The van der Waals surface area contributed by atoms with Crippen LogP contribution in [0.2, 0.25) is 0 Å². The fourth-order valence-corrected chi connectivity index (χ4v) is 1.03. The summed E-state index contributed by atoms with van der Waals surface area (Å²) in [7, 11) is 0. The number of hydrogen-bond donors (Lipinski definition) is 0. The van der Waals surface area contributed by atoms with Crippen molar-refractivity contribution in [3.63, 3.8) is 0 Å². The fraction of sp³-hybridized carbons (Fsp3) is 0.300. The third-order valence-corrected chi connectivity index (χ3v) is 1.89. The van der Waals surface area contributed by atoms with Crippen LogP contribution in [0.15, 0.2) is 30.3 Å². The Labute approximate surface area is 87.9 Å². The molecule has 0 aliphatic rings. The quantitative estimate of drug-likeness (QED) is 0.582. The number of hydrogen-bond acceptors (Lipinski definition) is 1. The highest BCUT2D eigenvalue weighted by Crippen LogP contribution is 2.38. The van der Waals surface area contributed by atoms with Crippen molar-refractivity contribution in [2.45, 2.75) is 18.5 Å². The largest absolute Gasteiger partial charge is 0.453 e. The molecule has 0 saturated heterocycles. The van der Waals surface area contributed by atoms with Gasteiger partial charge in [0, 0.05) is 5.56 Å². The second-order valence-electron chi connectivity index (χ2n) is 3.17. The highest BCUT2D eigenvalue weighted by molar-refractivity contribution is 5.96. The first-order chi connectivity index (χ1) is 7.24. The molecular formula is C10H7F5O. The lowest BCUT2D eigenvalue weighted by molar-refractivity contribution is -0.279. The molecule has 0 amide bonds. The van der Waals surface area contributed by atoms with Gasteiger partial charge in [-0.25, -0.2) is 0 Å². The van der Waals surface area contributed by atoms with Crippen molar-refractivity contribution in [2.24, 2.45) is 0 Å². The Hall–Kier alpha value is -1.46. The number of alkyl halides is 5. The molecule has 88 valence electrons. The highest BCUT2D eigenvalue weighted by Gasteiger charge is 2.58. The Bertz CT molecular complexity index is 369. The van der Waals surface area contributed by atoms with Crippen LogP contribution in [-0.4, -0.2) is 17.9 Å². The summed E-state index contributed by atoms with van der Waals surface area (Å²) in [6.45, 7) is 0. The van der Waals surface area contributed by atoms with Gasteiger partial charge >= 0.3 is 12.1 Å². The van der Waals surface area contributed by atoms with Crippen LogP contribution in [0.1, 0.15) is 16.8 Å². The lowest BCUT2D eigenvalue weighted by Crippen LogP contribution is -2.38. The van der Waals surface area contributed by atoms with Crippen molar-refractivity contribution < 1.29 is 26.7 Å². The van der Waals surface area contributed by atoms with Crippen molar-refractivity contribution in [1.82, 2.24) is 0 Å². The van der Waals surface area contributed by atoms with Crippen LogP contribution in [0.25, 0.3) is 0 Å². The van der Waals surface area contributed by atoms with Gasteiger partial charge in [0.2, 0.25) is 0 Å². The standard InChI is InChI=1S/C10H7F5O/c11-9(12,10(13,14)15)6-8(16)7-4-2-1-3-5-7/h1-5H,6H2. The zero-order valence-corrected chi connectivity index (χ0v) is 7.89. The molecule has 0 aliphatic heterocycles. The highest BCUT2D eigenvalue weighted by atomic mass is 19.4. The van der Waals surface area contributed by atoms with Crippen LogP contribution < -0.4 is 0 Å². The van der Waals surface area contributed by atoms with Gasteiger partial charge in [-0.1, -0.05) is 30.3 Å². The predicted octanol–water partition coefficient (Wildman–Crippen LogP) is 3.46. The molecule has 0 aromatic heterocycles. The van der Waals surface area contributed by atoms with Crippen molar-refractivity contribution in [3.8, 4) is 0 Å². The lowest BCUT2D eigenvalue weighted by atomic mass is 10.0. The van der Waals surface area contributed by atoms with E-state index < -0.39 is 24.3 Å². The molecule has 0 unspecified atom stereocenters. The normalized spacial score (nSPS) is 12.6. The van der Waals surface area contributed by atoms with Gasteiger partial charge in [0.1, 0.15) is 0 Å². The number of Topliss-reactive ketones (excluding diaryl/α,β-unsaturated/α-hetero) is 1. The van der Waals surface area contributed by atoms with Crippen LogP contribution >= 0.6 is 0 Å². The number of carbonyl (C=O) groups is 1. The Kier molecular flexibility index (Phi) is 3.30. The van der Waals surface area contributed by atoms with E-state index in [1.165, 1.54) is 30.3 Å². The van der Waals surface area contributed by atoms with Gasteiger partial charge in [-0.2, -0.15) is 22.0 Å². The number of rotatable bonds is 3. The van der Waals surface area contributed by atoms with E-state index >= 15 is 0 Å². The molecule has 0 saturated carbocycles. The van der Waals surface area contributed by atoms with Gasteiger partial charge in [-0.15, -0.1) is 0 Å². The van der Waals surface area contributed by atoms with Crippen LogP contribution in [0.4, 0.5) is 22.0 Å². The molecule has 0 bridgehead atoms. The third-order valence-electron chi connectivity index (χ3n) is 1.89. The molecule has 1 rings (SSSR count). The van der Waals surface area contributed by atoms with Crippen molar-refractivity contribution in [2.75, 3.05) is 0 Å². The smallest absolute Gasteiger partial charge is 0.294 e. The summed E-state index contributed by atoms with van der Waals surface area (Å²) >= 11 is 0. The summed E-state index contributed by atoms with van der Waals surface area (Å²) in [4.78, 5) is 11.1. The van der Waals surface area contributed by atoms with E-state index in [9.17, 15) is 26.7 Å². The van der Waals surface area contributed by atoms with Crippen LogP contribution in [0.3, 0.4) is 0 Å². The van der Waals surface area contributed by atoms with Gasteiger partial charge < -0.3 is 0 Å². The van der Waals surface area contributed by atoms with Gasteiger partial charge in [0.05, 0.1) is 6.42 Å². The summed E-state index contributed by atoms with van der Waals surface area (Å²) in [5, 5.41) is 0. The average Bonchev–Trinajstić information content (AvgIpc) is 2.16. The number of benzene rings is 1. The van der Waals surface area contributed by atoms with E-state index in [1.54, 1.807) is 0 Å². The second kappa shape index (κ2) is 4.19. The Morgan fingerprint density at radius 3 is 1.94 bits per heavy atom. The molecule has 0 radical (unpaired) electrons. The van der Waals surface area contributed by atoms with Gasteiger partial charge in [-0.05, 0) is 0 Å². The van der Waals surface area contributed by atoms with E-state index in [0.29, 0.717) is 0 Å². The minimum atomic E-state index is -5.70. The first kappa shape index (κ1) is 12.6. The molecule has 0 aliphatic carbocycles. The van der Waals surface area contributed by atoms with Crippen LogP contribution in [0.5, 0.6) is 0 Å². The first-order valence-electron chi connectivity index (χ1n) is 4.27. The second-order valence-corrected chi connectivity index (χ2v) is 3.17. The molecule has 0 N–H and O–H groups in total. The molecule has 0 heterocycles. The third kappa shape index (κ3) is 2.77. The van der Waals surface area contributed by atoms with Crippen LogP contribution in [0, 0.1) is 0 Å². The average molecular weight is 238 g/mol. The first-order valence-corrected chi connectivity index (χ1v) is 4.27. The summed E-state index contributed by atoms with van der Waals surface area (Å²) in [5.74, 6) is -6.22. The molecule has 0 atom stereocenters. The number of ketones is 1. The Morgan fingerprint density at radius 2 is 1.50 bits per heavy atom. The Morgan fingerprint density at radius 1 is 1.00 bits per heavy atom. The van der Waals surface area contributed by atoms with Gasteiger partial charge in [0.25, 0.3) is 0 Å². The van der Waals surface area contributed by atoms with Gasteiger partial charge in [-0.3, -0.25) is 4.79 Å². The van der Waals surface area contributed by atoms with E-state index in [4.69, 9.17) is 0 Å². The molecule has 1 aromatic rings. The lowest BCUT2D eigenvalue weighted by Gasteiger charge is -2.18. The SMILES string of the molecule is O=C(CC(F)(F)C(F)(F)F)c1ccccc1. The molecule has 0 spiro atoms. The molecule has 1 aromatic carbocycles. The minimum Gasteiger partial charge on any atom is -0.294 e. The molecule has 1 nitrogen and oxygen atoms in total. The van der Waals surface area contributed by atoms with E-state index in [1.807, 2.05) is 0 Å².